The summed E-state index contributed by atoms with van der Waals surface area (Å²) in [5.41, 5.74) is 4.03. The van der Waals surface area contributed by atoms with Crippen LogP contribution in [0.3, 0.4) is 0 Å². The molecule has 4 heteroatoms. The molecule has 4 rings (SSSR count). The van der Waals surface area contributed by atoms with Gasteiger partial charge in [0.05, 0.1) is 18.8 Å². The van der Waals surface area contributed by atoms with Gasteiger partial charge in [-0.05, 0) is 55.5 Å². The lowest BCUT2D eigenvalue weighted by Crippen LogP contribution is -2.32. The van der Waals surface area contributed by atoms with Crippen LogP contribution in [-0.4, -0.2) is 24.2 Å². The quantitative estimate of drug-likeness (QED) is 0.710. The van der Waals surface area contributed by atoms with Crippen LogP contribution < -0.4 is 4.74 Å². The average molecular weight is 335 g/mol. The van der Waals surface area contributed by atoms with Crippen LogP contribution in [0.2, 0.25) is 0 Å². The largest absolute Gasteiger partial charge is 0.490 e. The first-order valence-electron chi connectivity index (χ1n) is 8.56. The molecule has 1 aliphatic carbocycles. The molecule has 25 heavy (non-hydrogen) atoms. The summed E-state index contributed by atoms with van der Waals surface area (Å²) in [6, 6.07) is 14.5. The third-order valence-electron chi connectivity index (χ3n) is 5.00. The molecule has 3 aromatic rings. The summed E-state index contributed by atoms with van der Waals surface area (Å²) in [5, 5.41) is 0.923. The lowest BCUT2D eigenvalue weighted by atomic mass is 9.77. The van der Waals surface area contributed by atoms with Gasteiger partial charge in [0.25, 0.3) is 0 Å². The smallest absolute Gasteiger partial charge is 0.340 e. The van der Waals surface area contributed by atoms with Crippen LogP contribution in [0.5, 0.6) is 5.75 Å². The summed E-state index contributed by atoms with van der Waals surface area (Å²) in [5.74, 6) is 1.10. The molecule has 1 aromatic heterocycles. The standard InChI is InChI=1S/C21H21NO3/c1-13-3-6-16(7-4-13)25-17-9-15(10-17)14-5-8-20-18(11-14)19(12-22-20)21(23)24-2/h3-8,11-12,15,17,22H,9-10H2,1-2H3/t15-,17-. The Labute approximate surface area is 146 Å². The maximum atomic E-state index is 11.9. The number of hydrogen-bond acceptors (Lipinski definition) is 3. The molecule has 0 radical (unpaired) electrons. The Morgan fingerprint density at radius 1 is 1.12 bits per heavy atom. The maximum Gasteiger partial charge on any atom is 0.340 e. The van der Waals surface area contributed by atoms with Crippen LogP contribution in [0.4, 0.5) is 0 Å². The fourth-order valence-electron chi connectivity index (χ4n) is 3.41. The Hall–Kier alpha value is -2.75. The number of aryl methyl sites for hydroxylation is 1. The molecule has 0 atom stereocenters. The molecule has 4 nitrogen and oxygen atoms in total. The number of aromatic nitrogens is 1. The van der Waals surface area contributed by atoms with E-state index in [9.17, 15) is 4.79 Å². The fourth-order valence-corrected chi connectivity index (χ4v) is 3.41. The predicted molar refractivity (Wildman–Crippen MR) is 97.2 cm³/mol. The van der Waals surface area contributed by atoms with E-state index in [0.717, 1.165) is 29.5 Å². The molecule has 0 saturated heterocycles. The molecule has 0 amide bonds. The van der Waals surface area contributed by atoms with Gasteiger partial charge in [0.2, 0.25) is 0 Å². The third-order valence-corrected chi connectivity index (χ3v) is 5.00. The normalized spacial score (nSPS) is 19.4. The number of nitrogens with one attached hydrogen (secondary N) is 1. The second-order valence-corrected chi connectivity index (χ2v) is 6.72. The highest BCUT2D eigenvalue weighted by molar-refractivity contribution is 6.04. The van der Waals surface area contributed by atoms with Crippen molar-refractivity contribution in [2.24, 2.45) is 0 Å². The van der Waals surface area contributed by atoms with Gasteiger partial charge in [0.15, 0.2) is 0 Å². The summed E-state index contributed by atoms with van der Waals surface area (Å²) < 4.78 is 10.9. The molecule has 0 aliphatic heterocycles. The summed E-state index contributed by atoms with van der Waals surface area (Å²) in [7, 11) is 1.41. The van der Waals surface area contributed by atoms with Crippen LogP contribution in [0, 0.1) is 6.92 Å². The first-order valence-corrected chi connectivity index (χ1v) is 8.56. The SMILES string of the molecule is COC(=O)c1c[nH]c2ccc([C@H]3C[C@H](Oc4ccc(C)cc4)C3)cc12. The second-order valence-electron chi connectivity index (χ2n) is 6.72. The van der Waals surface area contributed by atoms with E-state index in [4.69, 9.17) is 9.47 Å². The van der Waals surface area contributed by atoms with Crippen molar-refractivity contribution in [3.05, 3.63) is 65.4 Å². The zero-order valence-electron chi connectivity index (χ0n) is 14.4. The van der Waals surface area contributed by atoms with Gasteiger partial charge in [0, 0.05) is 17.1 Å². The van der Waals surface area contributed by atoms with Crippen molar-refractivity contribution < 1.29 is 14.3 Å². The zero-order valence-corrected chi connectivity index (χ0v) is 14.4. The summed E-state index contributed by atoms with van der Waals surface area (Å²) in [6.07, 6.45) is 3.97. The highest BCUT2D eigenvalue weighted by Crippen LogP contribution is 2.40. The number of H-pyrrole nitrogens is 1. The number of esters is 1. The highest BCUT2D eigenvalue weighted by Gasteiger charge is 2.32. The van der Waals surface area contributed by atoms with Crippen LogP contribution >= 0.6 is 0 Å². The van der Waals surface area contributed by atoms with Gasteiger partial charge in [-0.3, -0.25) is 0 Å². The molecule has 0 unspecified atom stereocenters. The molecule has 1 heterocycles. The molecule has 1 fully saturated rings. The van der Waals surface area contributed by atoms with Crippen LogP contribution in [0.15, 0.2) is 48.7 Å². The van der Waals surface area contributed by atoms with E-state index >= 15 is 0 Å². The number of methoxy groups -OCH3 is 1. The Balaban J connectivity index is 1.46. The molecule has 2 aromatic carbocycles. The monoisotopic (exact) mass is 335 g/mol. The van der Waals surface area contributed by atoms with E-state index in [1.54, 1.807) is 6.20 Å². The minimum absolute atomic E-state index is 0.259. The number of aromatic amines is 1. The van der Waals surface area contributed by atoms with Crippen LogP contribution in [-0.2, 0) is 4.74 Å². The van der Waals surface area contributed by atoms with Crippen LogP contribution in [0.1, 0.15) is 40.2 Å². The Morgan fingerprint density at radius 3 is 2.60 bits per heavy atom. The summed E-state index contributed by atoms with van der Waals surface area (Å²) in [4.78, 5) is 15.0. The molecule has 0 bridgehead atoms. The first kappa shape index (κ1) is 15.8. The van der Waals surface area contributed by atoms with E-state index in [-0.39, 0.29) is 12.1 Å². The Kier molecular flexibility index (Phi) is 3.96. The van der Waals surface area contributed by atoms with E-state index in [2.05, 4.69) is 36.2 Å². The lowest BCUT2D eigenvalue weighted by Gasteiger charge is -2.35. The number of fused-ring (bicyclic) bond motifs is 1. The van der Waals surface area contributed by atoms with Gasteiger partial charge < -0.3 is 14.5 Å². The summed E-state index contributed by atoms with van der Waals surface area (Å²) in [6.45, 7) is 2.07. The van der Waals surface area contributed by atoms with E-state index in [1.807, 2.05) is 18.2 Å². The van der Waals surface area contributed by atoms with Crippen molar-refractivity contribution in [1.29, 1.82) is 0 Å². The third kappa shape index (κ3) is 3.00. The van der Waals surface area contributed by atoms with Gasteiger partial charge in [-0.2, -0.15) is 0 Å². The Morgan fingerprint density at radius 2 is 1.88 bits per heavy atom. The number of hydrogen-bond donors (Lipinski definition) is 1. The fraction of sp³-hybridized carbons (Fsp3) is 0.286. The maximum absolute atomic E-state index is 11.9. The minimum atomic E-state index is -0.308. The van der Waals surface area contributed by atoms with Gasteiger partial charge in [-0.1, -0.05) is 23.8 Å². The molecule has 0 spiro atoms. The van der Waals surface area contributed by atoms with E-state index in [0.29, 0.717) is 11.5 Å². The van der Waals surface area contributed by atoms with Crippen molar-refractivity contribution in [2.75, 3.05) is 7.11 Å². The van der Waals surface area contributed by atoms with Gasteiger partial charge >= 0.3 is 5.97 Å². The number of carbonyl (C=O) groups excluding carboxylic acids is 1. The molecular formula is C21H21NO3. The van der Waals surface area contributed by atoms with Crippen molar-refractivity contribution in [1.82, 2.24) is 4.98 Å². The molecule has 1 N–H and O–H groups in total. The lowest BCUT2D eigenvalue weighted by molar-refractivity contribution is 0.0603. The minimum Gasteiger partial charge on any atom is -0.490 e. The molecule has 1 aliphatic rings. The van der Waals surface area contributed by atoms with Crippen molar-refractivity contribution in [2.45, 2.75) is 31.8 Å². The zero-order chi connectivity index (χ0) is 17.4. The number of rotatable bonds is 4. The van der Waals surface area contributed by atoms with Crippen molar-refractivity contribution >= 4 is 16.9 Å². The van der Waals surface area contributed by atoms with E-state index < -0.39 is 0 Å². The first-order chi connectivity index (χ1) is 12.1. The average Bonchev–Trinajstić information content (AvgIpc) is 3.01. The molecule has 1 saturated carbocycles. The molecular weight excluding hydrogens is 314 g/mol. The molecule has 128 valence electrons. The Bertz CT molecular complexity index is 905. The second kappa shape index (κ2) is 6.28. The van der Waals surface area contributed by atoms with Gasteiger partial charge in [-0.15, -0.1) is 0 Å². The highest BCUT2D eigenvalue weighted by atomic mass is 16.5. The van der Waals surface area contributed by atoms with Crippen LogP contribution in [0.25, 0.3) is 10.9 Å². The van der Waals surface area contributed by atoms with Crippen molar-refractivity contribution in [3.8, 4) is 5.75 Å². The topological polar surface area (TPSA) is 51.3 Å². The number of ether oxygens (including phenoxy) is 2. The van der Waals surface area contributed by atoms with Crippen molar-refractivity contribution in [3.63, 3.8) is 0 Å². The van der Waals surface area contributed by atoms with Gasteiger partial charge in [-0.25, -0.2) is 4.79 Å². The predicted octanol–water partition coefficient (Wildman–Crippen LogP) is 4.59. The number of carbonyl (C=O) groups is 1. The van der Waals surface area contributed by atoms with E-state index in [1.165, 1.54) is 18.2 Å². The summed E-state index contributed by atoms with van der Waals surface area (Å²) >= 11 is 0. The number of benzene rings is 2. The van der Waals surface area contributed by atoms with Gasteiger partial charge in [0.1, 0.15) is 5.75 Å².